The van der Waals surface area contributed by atoms with Crippen LogP contribution in [0, 0.1) is 32.1 Å². The van der Waals surface area contributed by atoms with Crippen molar-refractivity contribution in [3.8, 4) is 17.7 Å². The SMILES string of the molecule is Cc1cccc(Oc2c(C#N)c(C)nn2C)c1C. The second-order valence-corrected chi connectivity index (χ2v) is 4.30. The lowest BCUT2D eigenvalue weighted by Gasteiger charge is -2.10. The zero-order valence-corrected chi connectivity index (χ0v) is 11.0. The Bertz CT molecular complexity index is 635. The van der Waals surface area contributed by atoms with Crippen LogP contribution in [0.5, 0.6) is 11.6 Å². The van der Waals surface area contributed by atoms with Crippen LogP contribution < -0.4 is 4.74 Å². The summed E-state index contributed by atoms with van der Waals surface area (Å²) in [6.07, 6.45) is 0. The molecule has 2 rings (SSSR count). The van der Waals surface area contributed by atoms with Crippen LogP contribution in [0.4, 0.5) is 0 Å². The highest BCUT2D eigenvalue weighted by Crippen LogP contribution is 2.29. The van der Waals surface area contributed by atoms with Crippen LogP contribution in [0.1, 0.15) is 22.4 Å². The van der Waals surface area contributed by atoms with Crippen molar-refractivity contribution >= 4 is 0 Å². The molecule has 0 saturated heterocycles. The molecular formula is C14H15N3O. The minimum atomic E-state index is 0.485. The number of nitriles is 1. The number of hydrogen-bond acceptors (Lipinski definition) is 3. The molecule has 1 heterocycles. The number of benzene rings is 1. The number of hydrogen-bond donors (Lipinski definition) is 0. The van der Waals surface area contributed by atoms with Crippen LogP contribution in [0.25, 0.3) is 0 Å². The summed E-state index contributed by atoms with van der Waals surface area (Å²) >= 11 is 0. The Kier molecular flexibility index (Phi) is 3.07. The van der Waals surface area contributed by atoms with Crippen LogP contribution in [-0.4, -0.2) is 9.78 Å². The third kappa shape index (κ3) is 1.95. The second-order valence-electron chi connectivity index (χ2n) is 4.30. The van der Waals surface area contributed by atoms with Gasteiger partial charge in [-0.15, -0.1) is 0 Å². The van der Waals surface area contributed by atoms with Gasteiger partial charge in [0, 0.05) is 7.05 Å². The molecule has 0 radical (unpaired) electrons. The summed E-state index contributed by atoms with van der Waals surface area (Å²) in [5.74, 6) is 1.25. The van der Waals surface area contributed by atoms with Crippen molar-refractivity contribution in [1.29, 1.82) is 5.26 Å². The third-order valence-electron chi connectivity index (χ3n) is 3.04. The van der Waals surface area contributed by atoms with E-state index in [1.165, 1.54) is 0 Å². The standard InChI is InChI=1S/C14H15N3O/c1-9-6-5-7-13(10(9)2)18-14-12(8-15)11(3)16-17(14)4/h5-7H,1-4H3. The molecule has 1 aromatic carbocycles. The maximum atomic E-state index is 9.13. The zero-order valence-electron chi connectivity index (χ0n) is 11.0. The minimum absolute atomic E-state index is 0.485. The molecule has 2 aromatic rings. The van der Waals surface area contributed by atoms with Crippen LogP contribution >= 0.6 is 0 Å². The normalized spacial score (nSPS) is 10.2. The van der Waals surface area contributed by atoms with E-state index in [4.69, 9.17) is 10.00 Å². The summed E-state index contributed by atoms with van der Waals surface area (Å²) in [5, 5.41) is 13.3. The van der Waals surface area contributed by atoms with E-state index in [0.717, 1.165) is 16.9 Å². The first-order valence-corrected chi connectivity index (χ1v) is 5.72. The molecule has 0 fully saturated rings. The van der Waals surface area contributed by atoms with Crippen molar-refractivity contribution in [2.45, 2.75) is 20.8 Å². The quantitative estimate of drug-likeness (QED) is 0.812. The maximum Gasteiger partial charge on any atom is 0.235 e. The van der Waals surface area contributed by atoms with Gasteiger partial charge in [-0.05, 0) is 38.0 Å². The van der Waals surface area contributed by atoms with E-state index in [1.54, 1.807) is 18.7 Å². The van der Waals surface area contributed by atoms with Crippen molar-refractivity contribution in [3.63, 3.8) is 0 Å². The van der Waals surface area contributed by atoms with E-state index in [9.17, 15) is 0 Å². The Balaban J connectivity index is 2.47. The zero-order chi connectivity index (χ0) is 13.3. The van der Waals surface area contributed by atoms with Gasteiger partial charge in [-0.2, -0.15) is 10.4 Å². The highest BCUT2D eigenvalue weighted by molar-refractivity contribution is 5.46. The summed E-state index contributed by atoms with van der Waals surface area (Å²) in [7, 11) is 1.77. The van der Waals surface area contributed by atoms with Gasteiger partial charge in [-0.3, -0.25) is 0 Å². The monoisotopic (exact) mass is 241 g/mol. The van der Waals surface area contributed by atoms with E-state index in [1.807, 2.05) is 32.0 Å². The first-order chi connectivity index (χ1) is 8.54. The van der Waals surface area contributed by atoms with E-state index < -0.39 is 0 Å². The molecule has 0 N–H and O–H groups in total. The molecule has 92 valence electrons. The Labute approximate surface area is 106 Å². The lowest BCUT2D eigenvalue weighted by atomic mass is 10.1. The molecule has 0 aliphatic carbocycles. The molecule has 18 heavy (non-hydrogen) atoms. The summed E-state index contributed by atoms with van der Waals surface area (Å²) in [6, 6.07) is 7.99. The Hall–Kier alpha value is -2.28. The smallest absolute Gasteiger partial charge is 0.235 e. The Morgan fingerprint density at radius 3 is 2.67 bits per heavy atom. The average Bonchev–Trinajstić information content (AvgIpc) is 2.59. The summed E-state index contributed by atoms with van der Waals surface area (Å²) in [4.78, 5) is 0. The predicted molar refractivity (Wildman–Crippen MR) is 68.7 cm³/mol. The van der Waals surface area contributed by atoms with Crippen molar-refractivity contribution < 1.29 is 4.74 Å². The van der Waals surface area contributed by atoms with Crippen LogP contribution in [0.15, 0.2) is 18.2 Å². The Morgan fingerprint density at radius 1 is 1.28 bits per heavy atom. The summed E-state index contributed by atoms with van der Waals surface area (Å²) in [6.45, 7) is 5.83. The molecule has 4 nitrogen and oxygen atoms in total. The highest BCUT2D eigenvalue weighted by atomic mass is 16.5. The van der Waals surface area contributed by atoms with Crippen LogP contribution in [0.2, 0.25) is 0 Å². The van der Waals surface area contributed by atoms with Gasteiger partial charge < -0.3 is 4.74 Å². The number of rotatable bonds is 2. The molecule has 0 atom stereocenters. The molecule has 4 heteroatoms. The lowest BCUT2D eigenvalue weighted by molar-refractivity contribution is 0.426. The Morgan fingerprint density at radius 2 is 2.00 bits per heavy atom. The van der Waals surface area contributed by atoms with E-state index in [-0.39, 0.29) is 0 Å². The molecule has 0 amide bonds. The van der Waals surface area contributed by atoms with Crippen LogP contribution in [0.3, 0.4) is 0 Å². The number of ether oxygens (including phenoxy) is 1. The fourth-order valence-electron chi connectivity index (χ4n) is 1.82. The summed E-state index contributed by atoms with van der Waals surface area (Å²) < 4.78 is 7.43. The predicted octanol–water partition coefficient (Wildman–Crippen LogP) is 3.01. The van der Waals surface area contributed by atoms with Crippen molar-refractivity contribution in [3.05, 3.63) is 40.6 Å². The maximum absolute atomic E-state index is 9.13. The molecule has 0 bridgehead atoms. The number of aromatic nitrogens is 2. The highest BCUT2D eigenvalue weighted by Gasteiger charge is 2.16. The molecule has 0 aliphatic rings. The molecular weight excluding hydrogens is 226 g/mol. The number of nitrogens with zero attached hydrogens (tertiary/aromatic N) is 3. The molecule has 0 saturated carbocycles. The van der Waals surface area contributed by atoms with Gasteiger partial charge >= 0.3 is 0 Å². The van der Waals surface area contributed by atoms with Gasteiger partial charge in [0.25, 0.3) is 0 Å². The first-order valence-electron chi connectivity index (χ1n) is 5.72. The largest absolute Gasteiger partial charge is 0.438 e. The topological polar surface area (TPSA) is 50.8 Å². The fraction of sp³-hybridized carbons (Fsp3) is 0.286. The van der Waals surface area contributed by atoms with Gasteiger partial charge in [0.1, 0.15) is 17.4 Å². The van der Waals surface area contributed by atoms with Crippen molar-refractivity contribution in [1.82, 2.24) is 9.78 Å². The van der Waals surface area contributed by atoms with Gasteiger partial charge in [-0.1, -0.05) is 12.1 Å². The van der Waals surface area contributed by atoms with E-state index in [0.29, 0.717) is 17.1 Å². The van der Waals surface area contributed by atoms with Gasteiger partial charge in [0.2, 0.25) is 5.88 Å². The van der Waals surface area contributed by atoms with Gasteiger partial charge in [0.05, 0.1) is 5.69 Å². The minimum Gasteiger partial charge on any atom is -0.438 e. The van der Waals surface area contributed by atoms with Crippen LogP contribution in [-0.2, 0) is 7.05 Å². The number of aryl methyl sites for hydroxylation is 3. The van der Waals surface area contributed by atoms with E-state index >= 15 is 0 Å². The van der Waals surface area contributed by atoms with E-state index in [2.05, 4.69) is 11.2 Å². The molecule has 0 spiro atoms. The molecule has 0 unspecified atom stereocenters. The lowest BCUT2D eigenvalue weighted by Crippen LogP contribution is -1.98. The van der Waals surface area contributed by atoms with Crippen molar-refractivity contribution in [2.75, 3.05) is 0 Å². The third-order valence-corrected chi connectivity index (χ3v) is 3.04. The molecule has 0 aliphatic heterocycles. The average molecular weight is 241 g/mol. The summed E-state index contributed by atoms with van der Waals surface area (Å²) in [5.41, 5.74) is 3.39. The van der Waals surface area contributed by atoms with Gasteiger partial charge in [-0.25, -0.2) is 4.68 Å². The van der Waals surface area contributed by atoms with Crippen molar-refractivity contribution in [2.24, 2.45) is 7.05 Å². The fourth-order valence-corrected chi connectivity index (χ4v) is 1.82. The van der Waals surface area contributed by atoms with Gasteiger partial charge in [0.15, 0.2) is 0 Å². The molecule has 1 aromatic heterocycles. The first kappa shape index (κ1) is 12.2. The second kappa shape index (κ2) is 4.53.